The van der Waals surface area contributed by atoms with Crippen LogP contribution in [0.25, 0.3) is 11.0 Å². The Bertz CT molecular complexity index is 562. The van der Waals surface area contributed by atoms with Gasteiger partial charge >= 0.3 is 12.3 Å². The highest BCUT2D eigenvalue weighted by Crippen LogP contribution is 2.34. The highest BCUT2D eigenvalue weighted by Gasteiger charge is 2.46. The molecule has 2 nitrogen and oxygen atoms in total. The van der Waals surface area contributed by atoms with Crippen LogP contribution in [-0.2, 0) is 5.92 Å². The quantitative estimate of drug-likeness (QED) is 0.819. The van der Waals surface area contributed by atoms with E-state index in [2.05, 4.69) is 4.98 Å². The van der Waals surface area contributed by atoms with E-state index < -0.39 is 40.8 Å². The molecule has 92 valence electrons. The molecule has 0 amide bonds. The van der Waals surface area contributed by atoms with Gasteiger partial charge in [-0.1, -0.05) is 0 Å². The molecule has 1 N–H and O–H groups in total. The summed E-state index contributed by atoms with van der Waals surface area (Å²) in [5.41, 5.74) is -1.01. The van der Waals surface area contributed by atoms with Gasteiger partial charge in [-0.3, -0.25) is 0 Å². The second kappa shape index (κ2) is 3.64. The predicted molar refractivity (Wildman–Crippen MR) is 45.9 cm³/mol. The van der Waals surface area contributed by atoms with Crippen molar-refractivity contribution in [3.8, 4) is 0 Å². The van der Waals surface area contributed by atoms with Gasteiger partial charge in [-0.15, -0.1) is 0 Å². The van der Waals surface area contributed by atoms with Crippen LogP contribution in [0.5, 0.6) is 0 Å². The van der Waals surface area contributed by atoms with Gasteiger partial charge < -0.3 is 4.98 Å². The van der Waals surface area contributed by atoms with Crippen molar-refractivity contribution in [2.24, 2.45) is 0 Å². The normalized spacial score (nSPS) is 12.6. The number of alkyl halides is 4. The number of rotatable bonds is 2. The van der Waals surface area contributed by atoms with Crippen LogP contribution < -0.4 is 0 Å². The van der Waals surface area contributed by atoms with Gasteiger partial charge in [0, 0.05) is 6.07 Å². The van der Waals surface area contributed by atoms with Crippen LogP contribution in [0.3, 0.4) is 0 Å². The Kier molecular flexibility index (Phi) is 2.52. The van der Waals surface area contributed by atoms with E-state index >= 15 is 0 Å². The van der Waals surface area contributed by atoms with Crippen molar-refractivity contribution in [3.05, 3.63) is 29.6 Å². The van der Waals surface area contributed by atoms with Crippen LogP contribution in [0.15, 0.2) is 12.1 Å². The zero-order valence-corrected chi connectivity index (χ0v) is 7.95. The fourth-order valence-corrected chi connectivity index (χ4v) is 1.30. The lowest BCUT2D eigenvalue weighted by atomic mass is 10.3. The Labute approximate surface area is 90.3 Å². The maximum atomic E-state index is 13.1. The molecule has 2 rings (SSSR count). The van der Waals surface area contributed by atoms with Crippen LogP contribution >= 0.6 is 0 Å². The van der Waals surface area contributed by atoms with Crippen molar-refractivity contribution >= 4 is 11.0 Å². The molecule has 0 bridgehead atoms. The zero-order valence-electron chi connectivity index (χ0n) is 7.95. The number of nitrogens with one attached hydrogen (secondary N) is 1. The molecule has 8 heteroatoms. The van der Waals surface area contributed by atoms with E-state index in [-0.39, 0.29) is 0 Å². The van der Waals surface area contributed by atoms with Gasteiger partial charge in [0.25, 0.3) is 0 Å². The van der Waals surface area contributed by atoms with Crippen molar-refractivity contribution in [3.63, 3.8) is 0 Å². The van der Waals surface area contributed by atoms with Gasteiger partial charge in [-0.2, -0.15) is 8.78 Å². The third-order valence-electron chi connectivity index (χ3n) is 2.09. The van der Waals surface area contributed by atoms with Crippen LogP contribution in [0.2, 0.25) is 0 Å². The Hall–Kier alpha value is -1.73. The van der Waals surface area contributed by atoms with Gasteiger partial charge in [-0.05, 0) is 6.07 Å². The van der Waals surface area contributed by atoms with Gasteiger partial charge in [0.2, 0.25) is 0 Å². The molecule has 1 aromatic heterocycles. The molecule has 0 radical (unpaired) electrons. The van der Waals surface area contributed by atoms with E-state index in [1.807, 2.05) is 0 Å². The number of hydrogen-bond donors (Lipinski definition) is 1. The lowest BCUT2D eigenvalue weighted by Gasteiger charge is -2.11. The third-order valence-corrected chi connectivity index (χ3v) is 2.09. The average molecular weight is 254 g/mol. The Balaban J connectivity index is 2.63. The van der Waals surface area contributed by atoms with Crippen LogP contribution in [0.1, 0.15) is 5.82 Å². The van der Waals surface area contributed by atoms with E-state index in [0.717, 1.165) is 0 Å². The smallest absolute Gasteiger partial charge is 0.337 e. The lowest BCUT2D eigenvalue weighted by molar-refractivity contribution is -0.140. The highest BCUT2D eigenvalue weighted by molar-refractivity contribution is 5.75. The number of imidazole rings is 1. The Morgan fingerprint density at radius 3 is 2.41 bits per heavy atom. The molecule has 17 heavy (non-hydrogen) atoms. The number of halogens is 6. The molecule has 0 saturated heterocycles. The molecular weight excluding hydrogens is 250 g/mol. The lowest BCUT2D eigenvalue weighted by Crippen LogP contribution is -2.25. The van der Waals surface area contributed by atoms with Crippen LogP contribution in [0, 0.1) is 11.6 Å². The standard InChI is InChI=1S/C9H4F6N2/c10-3-1-4(11)6-5(2-3)16-8(17-6)9(14,15)7(12)13/h1-2,7H,(H,16,17). The number of hydrogen-bond acceptors (Lipinski definition) is 1. The monoisotopic (exact) mass is 254 g/mol. The molecule has 0 aliphatic carbocycles. The first kappa shape index (κ1) is 11.7. The van der Waals surface area contributed by atoms with Crippen molar-refractivity contribution in [2.45, 2.75) is 12.3 Å². The first-order chi connectivity index (χ1) is 7.82. The minimum Gasteiger partial charge on any atom is -0.337 e. The summed E-state index contributed by atoms with van der Waals surface area (Å²) < 4.78 is 75.7. The topological polar surface area (TPSA) is 28.7 Å². The van der Waals surface area contributed by atoms with Crippen LogP contribution in [0.4, 0.5) is 26.3 Å². The van der Waals surface area contributed by atoms with E-state index in [0.29, 0.717) is 12.1 Å². The highest BCUT2D eigenvalue weighted by atomic mass is 19.3. The fourth-order valence-electron chi connectivity index (χ4n) is 1.30. The molecule has 2 aromatic rings. The second-order valence-corrected chi connectivity index (χ2v) is 3.29. The van der Waals surface area contributed by atoms with E-state index in [4.69, 9.17) is 0 Å². The second-order valence-electron chi connectivity index (χ2n) is 3.29. The summed E-state index contributed by atoms with van der Waals surface area (Å²) in [5, 5.41) is 0. The summed E-state index contributed by atoms with van der Waals surface area (Å²) in [5.74, 6) is -8.16. The Morgan fingerprint density at radius 1 is 1.18 bits per heavy atom. The van der Waals surface area contributed by atoms with Crippen molar-refractivity contribution in [2.75, 3.05) is 0 Å². The summed E-state index contributed by atoms with van der Waals surface area (Å²) in [7, 11) is 0. The molecule has 0 aliphatic heterocycles. The SMILES string of the molecule is Fc1cc(F)c2nc(C(F)(F)C(F)F)[nH]c2c1. The zero-order chi connectivity index (χ0) is 12.8. The van der Waals surface area contributed by atoms with E-state index in [9.17, 15) is 26.3 Å². The number of aromatic amines is 1. The number of nitrogens with zero attached hydrogens (tertiary/aromatic N) is 1. The molecule has 0 fully saturated rings. The molecule has 0 saturated carbocycles. The largest absolute Gasteiger partial charge is 0.363 e. The Morgan fingerprint density at radius 2 is 1.82 bits per heavy atom. The average Bonchev–Trinajstić information content (AvgIpc) is 2.61. The molecule has 0 spiro atoms. The summed E-state index contributed by atoms with van der Waals surface area (Å²) >= 11 is 0. The van der Waals surface area contributed by atoms with Crippen molar-refractivity contribution in [1.82, 2.24) is 9.97 Å². The van der Waals surface area contributed by atoms with Crippen LogP contribution in [-0.4, -0.2) is 16.4 Å². The van der Waals surface area contributed by atoms with Gasteiger partial charge in [0.1, 0.15) is 11.3 Å². The summed E-state index contributed by atoms with van der Waals surface area (Å²) in [4.78, 5) is 4.80. The van der Waals surface area contributed by atoms with Crippen molar-refractivity contribution in [1.29, 1.82) is 0 Å². The summed E-state index contributed by atoms with van der Waals surface area (Å²) in [6.07, 6.45) is -3.99. The van der Waals surface area contributed by atoms with Gasteiger partial charge in [0.15, 0.2) is 11.6 Å². The maximum absolute atomic E-state index is 13.1. The number of H-pyrrole nitrogens is 1. The summed E-state index contributed by atoms with van der Waals surface area (Å²) in [6, 6.07) is 1.12. The molecule has 1 aromatic carbocycles. The number of benzene rings is 1. The minimum atomic E-state index is -4.54. The molecule has 1 heterocycles. The molecule has 0 aliphatic rings. The maximum Gasteiger partial charge on any atom is 0.363 e. The van der Waals surface area contributed by atoms with E-state index in [1.165, 1.54) is 0 Å². The van der Waals surface area contributed by atoms with Gasteiger partial charge in [0.05, 0.1) is 5.52 Å². The third kappa shape index (κ3) is 1.83. The molecular formula is C9H4F6N2. The fraction of sp³-hybridized carbons (Fsp3) is 0.222. The van der Waals surface area contributed by atoms with Crippen molar-refractivity contribution < 1.29 is 26.3 Å². The minimum absolute atomic E-state index is 0.405. The first-order valence-corrected chi connectivity index (χ1v) is 4.33. The predicted octanol–water partition coefficient (Wildman–Crippen LogP) is 3.20. The first-order valence-electron chi connectivity index (χ1n) is 4.33. The summed E-state index contributed by atoms with van der Waals surface area (Å²) in [6.45, 7) is 0. The number of fused-ring (bicyclic) bond motifs is 1. The van der Waals surface area contributed by atoms with Gasteiger partial charge in [-0.25, -0.2) is 22.5 Å². The van der Waals surface area contributed by atoms with E-state index in [1.54, 1.807) is 4.98 Å². The molecule has 0 unspecified atom stereocenters. The number of aromatic nitrogens is 2. The molecule has 0 atom stereocenters.